The van der Waals surface area contributed by atoms with Crippen LogP contribution in [0.1, 0.15) is 15.9 Å². The molecule has 1 N–H and O–H groups in total. The van der Waals surface area contributed by atoms with E-state index in [1.54, 1.807) is 43.3 Å². The van der Waals surface area contributed by atoms with Crippen LogP contribution in [0.3, 0.4) is 0 Å². The highest BCUT2D eigenvalue weighted by Gasteiger charge is 2.34. The molecule has 0 heterocycles. The van der Waals surface area contributed by atoms with Crippen molar-refractivity contribution in [1.82, 2.24) is 0 Å². The Morgan fingerprint density at radius 1 is 1.13 bits per heavy atom. The molecule has 0 aliphatic heterocycles. The van der Waals surface area contributed by atoms with Gasteiger partial charge in [0, 0.05) is 28.9 Å². The van der Waals surface area contributed by atoms with E-state index in [4.69, 9.17) is 0 Å². The van der Waals surface area contributed by atoms with Crippen LogP contribution >= 0.6 is 22.6 Å². The van der Waals surface area contributed by atoms with E-state index in [0.717, 1.165) is 9.64 Å². The van der Waals surface area contributed by atoms with Crippen LogP contribution in [-0.2, 0) is 6.18 Å². The summed E-state index contributed by atoms with van der Waals surface area (Å²) in [6, 6.07) is 10.4. The third-order valence-electron chi connectivity index (χ3n) is 3.16. The summed E-state index contributed by atoms with van der Waals surface area (Å²) >= 11 is 2.04. The molecular weight excluding hydrogens is 420 g/mol. The molecule has 0 unspecified atom stereocenters. The van der Waals surface area contributed by atoms with Crippen LogP contribution in [0.5, 0.6) is 0 Å². The van der Waals surface area contributed by atoms with Crippen LogP contribution in [-0.4, -0.2) is 20.0 Å². The summed E-state index contributed by atoms with van der Waals surface area (Å²) in [4.78, 5) is 13.7. The summed E-state index contributed by atoms with van der Waals surface area (Å²) in [5.41, 5.74) is -0.416. The van der Waals surface area contributed by atoms with Gasteiger partial charge in [0.1, 0.15) is 0 Å². The second-order valence-electron chi connectivity index (χ2n) is 5.09. The van der Waals surface area contributed by atoms with E-state index >= 15 is 0 Å². The molecule has 0 bridgehead atoms. The maximum absolute atomic E-state index is 13.2. The van der Waals surface area contributed by atoms with Gasteiger partial charge in [-0.25, -0.2) is 0 Å². The monoisotopic (exact) mass is 434 g/mol. The first-order valence-electron chi connectivity index (χ1n) is 6.64. The molecule has 0 radical (unpaired) electrons. The minimum Gasteiger partial charge on any atom is -0.378 e. The van der Waals surface area contributed by atoms with Gasteiger partial charge in [0.15, 0.2) is 0 Å². The third-order valence-corrected chi connectivity index (χ3v) is 3.83. The van der Waals surface area contributed by atoms with Crippen molar-refractivity contribution in [2.24, 2.45) is 0 Å². The predicted octanol–water partition coefficient (Wildman–Crippen LogP) is 4.63. The average Bonchev–Trinajstić information content (AvgIpc) is 2.46. The molecule has 3 nitrogen and oxygen atoms in total. The van der Waals surface area contributed by atoms with Gasteiger partial charge in [-0.05, 0) is 59.0 Å². The Balaban J connectivity index is 2.37. The number of halogens is 4. The fourth-order valence-electron chi connectivity index (χ4n) is 1.98. The Morgan fingerprint density at radius 2 is 1.83 bits per heavy atom. The molecule has 0 saturated carbocycles. The largest absolute Gasteiger partial charge is 0.418 e. The molecule has 0 aliphatic carbocycles. The Morgan fingerprint density at radius 3 is 2.39 bits per heavy atom. The molecule has 0 aromatic heterocycles. The van der Waals surface area contributed by atoms with E-state index < -0.39 is 17.6 Å². The molecule has 0 spiro atoms. The van der Waals surface area contributed by atoms with Gasteiger partial charge in [-0.3, -0.25) is 4.79 Å². The van der Waals surface area contributed by atoms with Crippen molar-refractivity contribution in [2.75, 3.05) is 24.3 Å². The van der Waals surface area contributed by atoms with Crippen molar-refractivity contribution in [1.29, 1.82) is 0 Å². The van der Waals surface area contributed by atoms with E-state index in [-0.39, 0.29) is 5.69 Å². The summed E-state index contributed by atoms with van der Waals surface area (Å²) in [5.74, 6) is -0.577. The minimum absolute atomic E-state index is 0.257. The van der Waals surface area contributed by atoms with Gasteiger partial charge in [0.2, 0.25) is 0 Å². The van der Waals surface area contributed by atoms with E-state index in [1.807, 2.05) is 22.6 Å². The van der Waals surface area contributed by atoms with Gasteiger partial charge in [-0.2, -0.15) is 13.2 Å². The lowest BCUT2D eigenvalue weighted by Gasteiger charge is -2.18. The zero-order chi connectivity index (χ0) is 17.2. The smallest absolute Gasteiger partial charge is 0.378 e. The number of rotatable bonds is 3. The number of nitrogens with zero attached hydrogens (tertiary/aromatic N) is 1. The number of carbonyl (C=O) groups excluding carboxylic acids is 1. The quantitative estimate of drug-likeness (QED) is 0.715. The number of nitrogens with one attached hydrogen (secondary N) is 1. The SMILES string of the molecule is CN(C)c1ccc(NC(=O)c2cccc(I)c2)c(C(F)(F)F)c1. The zero-order valence-corrected chi connectivity index (χ0v) is 14.6. The highest BCUT2D eigenvalue weighted by Crippen LogP contribution is 2.37. The standard InChI is InChI=1S/C16H14F3IN2O/c1-22(2)12-6-7-14(13(9-12)16(17,18)19)21-15(23)10-4-3-5-11(20)8-10/h3-9H,1-2H3,(H,21,23). The van der Waals surface area contributed by atoms with Gasteiger partial charge in [-0.1, -0.05) is 6.07 Å². The summed E-state index contributed by atoms with van der Waals surface area (Å²) in [6.07, 6.45) is -4.56. The first-order valence-corrected chi connectivity index (χ1v) is 7.72. The van der Waals surface area contributed by atoms with Gasteiger partial charge in [-0.15, -0.1) is 0 Å². The van der Waals surface area contributed by atoms with Crippen molar-refractivity contribution in [3.05, 3.63) is 57.2 Å². The summed E-state index contributed by atoms with van der Waals surface area (Å²) in [7, 11) is 3.30. The van der Waals surface area contributed by atoms with Crippen molar-refractivity contribution in [3.8, 4) is 0 Å². The van der Waals surface area contributed by atoms with Crippen LogP contribution in [0.25, 0.3) is 0 Å². The Bertz CT molecular complexity index is 730. The molecule has 7 heteroatoms. The number of amides is 1. The number of benzene rings is 2. The number of hydrogen-bond donors (Lipinski definition) is 1. The van der Waals surface area contributed by atoms with Gasteiger partial charge in [0.05, 0.1) is 11.3 Å². The Labute approximate surface area is 145 Å². The molecular formula is C16H14F3IN2O. The molecule has 0 fully saturated rings. The highest BCUT2D eigenvalue weighted by atomic mass is 127. The fourth-order valence-corrected chi connectivity index (χ4v) is 2.52. The second kappa shape index (κ2) is 6.77. The van der Waals surface area contributed by atoms with E-state index in [1.165, 1.54) is 12.1 Å². The zero-order valence-electron chi connectivity index (χ0n) is 12.4. The van der Waals surface area contributed by atoms with E-state index in [9.17, 15) is 18.0 Å². The summed E-state index contributed by atoms with van der Waals surface area (Å²) in [6.45, 7) is 0. The van der Waals surface area contributed by atoms with Crippen LogP contribution in [0, 0.1) is 3.57 Å². The lowest BCUT2D eigenvalue weighted by atomic mass is 10.1. The Hall–Kier alpha value is -1.77. The average molecular weight is 434 g/mol. The van der Waals surface area contributed by atoms with Crippen molar-refractivity contribution in [3.63, 3.8) is 0 Å². The van der Waals surface area contributed by atoms with Crippen molar-refractivity contribution in [2.45, 2.75) is 6.18 Å². The molecule has 2 aromatic rings. The molecule has 0 atom stereocenters. The molecule has 0 saturated heterocycles. The van der Waals surface area contributed by atoms with Gasteiger partial charge < -0.3 is 10.2 Å². The second-order valence-corrected chi connectivity index (χ2v) is 6.33. The first-order chi connectivity index (χ1) is 10.7. The third kappa shape index (κ3) is 4.37. The van der Waals surface area contributed by atoms with E-state index in [0.29, 0.717) is 11.3 Å². The Kier molecular flexibility index (Phi) is 5.18. The molecule has 2 rings (SSSR count). The minimum atomic E-state index is -4.56. The van der Waals surface area contributed by atoms with Crippen molar-refractivity contribution < 1.29 is 18.0 Å². The maximum Gasteiger partial charge on any atom is 0.418 e. The summed E-state index contributed by atoms with van der Waals surface area (Å²) < 4.78 is 40.5. The lowest BCUT2D eigenvalue weighted by molar-refractivity contribution is -0.136. The molecule has 0 aliphatic rings. The lowest BCUT2D eigenvalue weighted by Crippen LogP contribution is -2.18. The van der Waals surface area contributed by atoms with Gasteiger partial charge in [0.25, 0.3) is 5.91 Å². The number of anilines is 2. The van der Waals surface area contributed by atoms with Crippen LogP contribution in [0.2, 0.25) is 0 Å². The molecule has 2 aromatic carbocycles. The number of carbonyl (C=O) groups is 1. The fraction of sp³-hybridized carbons (Fsp3) is 0.188. The summed E-state index contributed by atoms with van der Waals surface area (Å²) in [5, 5.41) is 2.35. The van der Waals surface area contributed by atoms with Crippen LogP contribution < -0.4 is 10.2 Å². The van der Waals surface area contributed by atoms with E-state index in [2.05, 4.69) is 5.32 Å². The molecule has 122 valence electrons. The molecule has 23 heavy (non-hydrogen) atoms. The predicted molar refractivity (Wildman–Crippen MR) is 92.9 cm³/mol. The van der Waals surface area contributed by atoms with Crippen LogP contribution in [0.4, 0.5) is 24.5 Å². The van der Waals surface area contributed by atoms with Gasteiger partial charge >= 0.3 is 6.18 Å². The number of hydrogen-bond acceptors (Lipinski definition) is 2. The first kappa shape index (κ1) is 17.6. The highest BCUT2D eigenvalue weighted by molar-refractivity contribution is 14.1. The van der Waals surface area contributed by atoms with Crippen molar-refractivity contribution >= 4 is 39.9 Å². The van der Waals surface area contributed by atoms with Crippen LogP contribution in [0.15, 0.2) is 42.5 Å². The maximum atomic E-state index is 13.2. The normalized spacial score (nSPS) is 11.2. The molecule has 1 amide bonds. The number of alkyl halides is 3. The topological polar surface area (TPSA) is 32.3 Å².